The van der Waals surface area contributed by atoms with Gasteiger partial charge in [-0.05, 0) is 46.6 Å². The Bertz CT molecular complexity index is 553. The number of benzene rings is 1. The zero-order valence-electron chi connectivity index (χ0n) is 8.81. The van der Waals surface area contributed by atoms with Gasteiger partial charge in [-0.15, -0.1) is 11.3 Å². The summed E-state index contributed by atoms with van der Waals surface area (Å²) >= 11 is 14.9. The van der Waals surface area contributed by atoms with Crippen molar-refractivity contribution >= 4 is 54.8 Å². The fourth-order valence-corrected chi connectivity index (χ4v) is 5.04. The van der Waals surface area contributed by atoms with Gasteiger partial charge in [0, 0.05) is 19.2 Å². The molecule has 0 amide bonds. The minimum absolute atomic E-state index is 0.0244. The van der Waals surface area contributed by atoms with Crippen LogP contribution in [0.4, 0.5) is 4.39 Å². The molecular weight excluding hydrogens is 390 g/mol. The minimum atomic E-state index is -0.320. The lowest BCUT2D eigenvalue weighted by molar-refractivity contribution is 0.627. The van der Waals surface area contributed by atoms with Crippen molar-refractivity contribution in [2.24, 2.45) is 0 Å². The van der Waals surface area contributed by atoms with Crippen LogP contribution in [0.5, 0.6) is 0 Å². The standard InChI is InChI=1S/C12H8Br2ClFS/c1-6-4-9(13)12(17-6)11(14)8-3-2-7(16)5-10(8)15/h2-5,11H,1H3. The highest BCUT2D eigenvalue weighted by molar-refractivity contribution is 9.11. The summed E-state index contributed by atoms with van der Waals surface area (Å²) in [5.41, 5.74) is 0.871. The Morgan fingerprint density at radius 3 is 2.59 bits per heavy atom. The molecule has 1 aromatic heterocycles. The molecule has 0 bridgehead atoms. The van der Waals surface area contributed by atoms with Crippen molar-refractivity contribution in [2.75, 3.05) is 0 Å². The lowest BCUT2D eigenvalue weighted by Gasteiger charge is -2.11. The molecule has 1 aromatic carbocycles. The Balaban J connectivity index is 2.43. The third-order valence-corrected chi connectivity index (χ3v) is 5.92. The van der Waals surface area contributed by atoms with Crippen LogP contribution < -0.4 is 0 Å². The van der Waals surface area contributed by atoms with E-state index in [1.807, 2.05) is 6.92 Å². The van der Waals surface area contributed by atoms with Crippen LogP contribution in [0.1, 0.15) is 20.1 Å². The number of thiophene rings is 1. The Hall–Kier alpha value is 0.1000. The van der Waals surface area contributed by atoms with Crippen molar-refractivity contribution < 1.29 is 4.39 Å². The number of hydrogen-bond donors (Lipinski definition) is 0. The maximum atomic E-state index is 13.0. The highest BCUT2D eigenvalue weighted by Gasteiger charge is 2.19. The first kappa shape index (κ1) is 13.5. The van der Waals surface area contributed by atoms with Gasteiger partial charge in [0.05, 0.1) is 4.83 Å². The van der Waals surface area contributed by atoms with Gasteiger partial charge >= 0.3 is 0 Å². The van der Waals surface area contributed by atoms with Gasteiger partial charge < -0.3 is 0 Å². The first-order valence-electron chi connectivity index (χ1n) is 4.84. The molecule has 2 aromatic rings. The Kier molecular flexibility index (Phi) is 4.29. The third kappa shape index (κ3) is 2.92. The van der Waals surface area contributed by atoms with Gasteiger partial charge in [0.15, 0.2) is 0 Å². The summed E-state index contributed by atoms with van der Waals surface area (Å²) in [5, 5.41) is 0.435. The largest absolute Gasteiger partial charge is 0.207 e. The van der Waals surface area contributed by atoms with Crippen molar-refractivity contribution in [1.82, 2.24) is 0 Å². The maximum Gasteiger partial charge on any atom is 0.124 e. The monoisotopic (exact) mass is 396 g/mol. The second-order valence-electron chi connectivity index (χ2n) is 3.60. The lowest BCUT2D eigenvalue weighted by atomic mass is 10.1. The number of aryl methyl sites for hydroxylation is 1. The van der Waals surface area contributed by atoms with Gasteiger partial charge in [0.2, 0.25) is 0 Å². The van der Waals surface area contributed by atoms with Crippen molar-refractivity contribution in [1.29, 1.82) is 0 Å². The van der Waals surface area contributed by atoms with E-state index in [0.29, 0.717) is 5.02 Å². The predicted octanol–water partition coefficient (Wildman–Crippen LogP) is 6.10. The molecule has 0 aliphatic heterocycles. The SMILES string of the molecule is Cc1cc(Br)c(C(Br)c2ccc(F)cc2Cl)s1. The van der Waals surface area contributed by atoms with E-state index < -0.39 is 0 Å². The van der Waals surface area contributed by atoms with Gasteiger partial charge in [-0.2, -0.15) is 0 Å². The molecule has 1 atom stereocenters. The van der Waals surface area contributed by atoms with E-state index in [1.165, 1.54) is 17.0 Å². The maximum absolute atomic E-state index is 13.0. The van der Waals surface area contributed by atoms with E-state index in [4.69, 9.17) is 11.6 Å². The van der Waals surface area contributed by atoms with Crippen LogP contribution in [-0.4, -0.2) is 0 Å². The molecular formula is C12H8Br2ClFS. The summed E-state index contributed by atoms with van der Waals surface area (Å²) < 4.78 is 14.0. The highest BCUT2D eigenvalue weighted by Crippen LogP contribution is 2.42. The number of alkyl halides is 1. The van der Waals surface area contributed by atoms with Gasteiger partial charge in [-0.25, -0.2) is 4.39 Å². The minimum Gasteiger partial charge on any atom is -0.207 e. The topological polar surface area (TPSA) is 0 Å². The average Bonchev–Trinajstić information content (AvgIpc) is 2.57. The second kappa shape index (κ2) is 5.39. The summed E-state index contributed by atoms with van der Waals surface area (Å²) in [6.07, 6.45) is 0. The molecule has 0 saturated carbocycles. The quantitative estimate of drug-likeness (QED) is 0.537. The van der Waals surface area contributed by atoms with Crippen LogP contribution in [-0.2, 0) is 0 Å². The van der Waals surface area contributed by atoms with E-state index in [-0.39, 0.29) is 10.6 Å². The molecule has 0 radical (unpaired) electrons. The summed E-state index contributed by atoms with van der Waals surface area (Å²) in [5.74, 6) is -0.320. The molecule has 5 heteroatoms. The predicted molar refractivity (Wildman–Crippen MR) is 78.9 cm³/mol. The molecule has 0 aliphatic carbocycles. The molecule has 0 N–H and O–H groups in total. The van der Waals surface area contributed by atoms with Gasteiger partial charge in [-0.3, -0.25) is 0 Å². The van der Waals surface area contributed by atoms with Gasteiger partial charge in [-0.1, -0.05) is 33.6 Å². The van der Waals surface area contributed by atoms with Crippen LogP contribution in [0.25, 0.3) is 0 Å². The van der Waals surface area contributed by atoms with E-state index in [2.05, 4.69) is 37.9 Å². The molecule has 0 nitrogen and oxygen atoms in total. The lowest BCUT2D eigenvalue weighted by Crippen LogP contribution is -1.92. The average molecular weight is 399 g/mol. The van der Waals surface area contributed by atoms with Crippen LogP contribution >= 0.6 is 54.8 Å². The summed E-state index contributed by atoms with van der Waals surface area (Å²) in [6.45, 7) is 2.05. The number of rotatable bonds is 2. The van der Waals surface area contributed by atoms with E-state index in [9.17, 15) is 4.39 Å². The van der Waals surface area contributed by atoms with Crippen molar-refractivity contribution in [2.45, 2.75) is 11.8 Å². The zero-order valence-corrected chi connectivity index (χ0v) is 13.6. The van der Waals surface area contributed by atoms with Crippen molar-refractivity contribution in [3.8, 4) is 0 Å². The van der Waals surface area contributed by atoms with E-state index >= 15 is 0 Å². The number of halogens is 4. The summed E-state index contributed by atoms with van der Waals surface area (Å²) in [6, 6.07) is 6.52. The van der Waals surface area contributed by atoms with Crippen LogP contribution in [0.3, 0.4) is 0 Å². The Morgan fingerprint density at radius 2 is 2.06 bits per heavy atom. The Labute approximate surface area is 125 Å². The van der Waals surface area contributed by atoms with Crippen LogP contribution in [0.2, 0.25) is 5.02 Å². The van der Waals surface area contributed by atoms with Gasteiger partial charge in [0.25, 0.3) is 0 Å². The van der Waals surface area contributed by atoms with E-state index in [0.717, 1.165) is 14.9 Å². The fourth-order valence-electron chi connectivity index (χ4n) is 1.52. The third-order valence-electron chi connectivity index (χ3n) is 2.30. The zero-order chi connectivity index (χ0) is 12.6. The molecule has 0 spiro atoms. The molecule has 1 heterocycles. The molecule has 0 fully saturated rings. The van der Waals surface area contributed by atoms with Crippen LogP contribution in [0.15, 0.2) is 28.7 Å². The van der Waals surface area contributed by atoms with Crippen LogP contribution in [0, 0.1) is 12.7 Å². The summed E-state index contributed by atoms with van der Waals surface area (Å²) in [4.78, 5) is 2.33. The number of hydrogen-bond acceptors (Lipinski definition) is 1. The first-order chi connectivity index (χ1) is 7.99. The second-order valence-corrected chi connectivity index (χ2v) is 7.06. The molecule has 1 unspecified atom stereocenters. The van der Waals surface area contributed by atoms with Crippen molar-refractivity contribution in [3.63, 3.8) is 0 Å². The molecule has 90 valence electrons. The Morgan fingerprint density at radius 1 is 1.35 bits per heavy atom. The summed E-state index contributed by atoms with van der Waals surface area (Å²) in [7, 11) is 0. The smallest absolute Gasteiger partial charge is 0.124 e. The fraction of sp³-hybridized carbons (Fsp3) is 0.167. The van der Waals surface area contributed by atoms with Crippen molar-refractivity contribution in [3.05, 3.63) is 54.9 Å². The van der Waals surface area contributed by atoms with E-state index in [1.54, 1.807) is 17.4 Å². The highest BCUT2D eigenvalue weighted by atomic mass is 79.9. The normalized spacial score (nSPS) is 12.8. The molecule has 0 aliphatic rings. The molecule has 2 rings (SSSR count). The molecule has 0 saturated heterocycles. The molecule has 17 heavy (non-hydrogen) atoms. The first-order valence-corrected chi connectivity index (χ1v) is 7.74. The van der Waals surface area contributed by atoms with Gasteiger partial charge in [0.1, 0.15) is 5.82 Å².